The van der Waals surface area contributed by atoms with Crippen molar-refractivity contribution in [2.75, 3.05) is 13.7 Å². The zero-order valence-electron chi connectivity index (χ0n) is 7.14. The fraction of sp³-hybridized carbons (Fsp3) is 0.778. The van der Waals surface area contributed by atoms with Crippen LogP contribution in [0.15, 0.2) is 11.6 Å². The molecule has 0 spiro atoms. The summed E-state index contributed by atoms with van der Waals surface area (Å²) in [5.41, 5.74) is 1.35. The maximum Gasteiger partial charge on any atom is 0.0673 e. The van der Waals surface area contributed by atoms with Gasteiger partial charge in [-0.2, -0.15) is 0 Å². The summed E-state index contributed by atoms with van der Waals surface area (Å²) < 4.78 is 5.05. The number of allylic oxidation sites excluding steroid dienone is 1. The molecule has 1 aliphatic rings. The lowest BCUT2D eigenvalue weighted by Gasteiger charge is -2.21. The SMILES string of the molecule is COCC1=CC(Cl)CC(C)C1. The molecule has 0 saturated carbocycles. The van der Waals surface area contributed by atoms with Crippen LogP contribution in [-0.4, -0.2) is 19.1 Å². The minimum absolute atomic E-state index is 0.226. The van der Waals surface area contributed by atoms with E-state index in [1.807, 2.05) is 0 Å². The molecular formula is C9H15ClO. The molecule has 2 atom stereocenters. The Bertz CT molecular complexity index is 154. The van der Waals surface area contributed by atoms with Gasteiger partial charge in [0.05, 0.1) is 12.0 Å². The van der Waals surface area contributed by atoms with Gasteiger partial charge < -0.3 is 4.74 Å². The molecule has 0 bridgehead atoms. The van der Waals surface area contributed by atoms with Crippen molar-refractivity contribution in [2.24, 2.45) is 5.92 Å². The molecule has 1 aliphatic carbocycles. The van der Waals surface area contributed by atoms with Crippen LogP contribution in [0.2, 0.25) is 0 Å². The average Bonchev–Trinajstić information content (AvgIpc) is 1.85. The molecule has 0 heterocycles. The fourth-order valence-electron chi connectivity index (χ4n) is 1.60. The van der Waals surface area contributed by atoms with Gasteiger partial charge in [0.2, 0.25) is 0 Å². The average molecular weight is 175 g/mol. The van der Waals surface area contributed by atoms with Crippen molar-refractivity contribution in [1.82, 2.24) is 0 Å². The van der Waals surface area contributed by atoms with Crippen molar-refractivity contribution in [3.8, 4) is 0 Å². The molecule has 0 saturated heterocycles. The Labute approximate surface area is 73.4 Å². The highest BCUT2D eigenvalue weighted by molar-refractivity contribution is 6.21. The molecule has 0 aromatic heterocycles. The first-order valence-corrected chi connectivity index (χ1v) is 4.48. The van der Waals surface area contributed by atoms with E-state index < -0.39 is 0 Å². The second-order valence-electron chi connectivity index (χ2n) is 3.32. The zero-order chi connectivity index (χ0) is 8.27. The van der Waals surface area contributed by atoms with Gasteiger partial charge in [-0.15, -0.1) is 11.6 Å². The Balaban J connectivity index is 2.49. The van der Waals surface area contributed by atoms with Crippen molar-refractivity contribution in [2.45, 2.75) is 25.1 Å². The van der Waals surface area contributed by atoms with Crippen LogP contribution >= 0.6 is 11.6 Å². The molecule has 2 heteroatoms. The molecule has 1 rings (SSSR count). The van der Waals surface area contributed by atoms with E-state index in [-0.39, 0.29) is 5.38 Å². The number of hydrogen-bond acceptors (Lipinski definition) is 1. The number of hydrogen-bond donors (Lipinski definition) is 0. The van der Waals surface area contributed by atoms with Crippen LogP contribution < -0.4 is 0 Å². The normalized spacial score (nSPS) is 31.7. The minimum Gasteiger partial charge on any atom is -0.380 e. The predicted octanol–water partition coefficient (Wildman–Crippen LogP) is 2.60. The molecule has 2 unspecified atom stereocenters. The first-order valence-electron chi connectivity index (χ1n) is 4.05. The molecule has 64 valence electrons. The van der Waals surface area contributed by atoms with Crippen molar-refractivity contribution >= 4 is 11.6 Å². The van der Waals surface area contributed by atoms with Crippen molar-refractivity contribution < 1.29 is 4.74 Å². The fourth-order valence-corrected chi connectivity index (χ4v) is 2.08. The van der Waals surface area contributed by atoms with E-state index in [0.29, 0.717) is 5.92 Å². The van der Waals surface area contributed by atoms with Gasteiger partial charge in [0.15, 0.2) is 0 Å². The van der Waals surface area contributed by atoms with Gasteiger partial charge in [-0.1, -0.05) is 13.0 Å². The van der Waals surface area contributed by atoms with Gasteiger partial charge in [-0.05, 0) is 24.3 Å². The first-order chi connectivity index (χ1) is 5.22. The Hall–Kier alpha value is -0.0100. The largest absolute Gasteiger partial charge is 0.380 e. The molecule has 1 nitrogen and oxygen atoms in total. The highest BCUT2D eigenvalue weighted by Gasteiger charge is 2.16. The minimum atomic E-state index is 0.226. The second kappa shape index (κ2) is 4.13. The molecule has 0 aromatic rings. The van der Waals surface area contributed by atoms with E-state index in [2.05, 4.69) is 13.0 Å². The summed E-state index contributed by atoms with van der Waals surface area (Å²) in [6.45, 7) is 2.98. The van der Waals surface area contributed by atoms with E-state index >= 15 is 0 Å². The van der Waals surface area contributed by atoms with Gasteiger partial charge in [-0.25, -0.2) is 0 Å². The van der Waals surface area contributed by atoms with E-state index in [0.717, 1.165) is 19.4 Å². The highest BCUT2D eigenvalue weighted by atomic mass is 35.5. The molecule has 0 fully saturated rings. The first kappa shape index (κ1) is 9.08. The molecule has 0 radical (unpaired) electrons. The summed E-state index contributed by atoms with van der Waals surface area (Å²) in [7, 11) is 1.73. The second-order valence-corrected chi connectivity index (χ2v) is 3.88. The predicted molar refractivity (Wildman–Crippen MR) is 48.0 cm³/mol. The van der Waals surface area contributed by atoms with Gasteiger partial charge in [0.25, 0.3) is 0 Å². The third kappa shape index (κ3) is 2.84. The lowest BCUT2D eigenvalue weighted by molar-refractivity contribution is 0.218. The van der Waals surface area contributed by atoms with Crippen LogP contribution in [0.1, 0.15) is 19.8 Å². The summed E-state index contributed by atoms with van der Waals surface area (Å²) in [6.07, 6.45) is 4.39. The highest BCUT2D eigenvalue weighted by Crippen LogP contribution is 2.26. The number of alkyl halides is 1. The maximum atomic E-state index is 6.01. The van der Waals surface area contributed by atoms with Gasteiger partial charge >= 0.3 is 0 Å². The Morgan fingerprint density at radius 3 is 3.00 bits per heavy atom. The summed E-state index contributed by atoms with van der Waals surface area (Å²) in [5, 5.41) is 0.226. The standard InChI is InChI=1S/C9H15ClO/c1-7-3-8(6-11-2)5-9(10)4-7/h5,7,9H,3-4,6H2,1-2H3. The van der Waals surface area contributed by atoms with Crippen LogP contribution in [0, 0.1) is 5.92 Å². The van der Waals surface area contributed by atoms with Crippen LogP contribution in [0.5, 0.6) is 0 Å². The lowest BCUT2D eigenvalue weighted by Crippen LogP contribution is -2.14. The summed E-state index contributed by atoms with van der Waals surface area (Å²) in [6, 6.07) is 0. The molecular weight excluding hydrogens is 160 g/mol. The molecule has 0 aromatic carbocycles. The topological polar surface area (TPSA) is 9.23 Å². The monoisotopic (exact) mass is 174 g/mol. The Morgan fingerprint density at radius 1 is 1.73 bits per heavy atom. The third-order valence-electron chi connectivity index (χ3n) is 1.98. The number of halogens is 1. The summed E-state index contributed by atoms with van der Waals surface area (Å²) >= 11 is 6.01. The molecule has 11 heavy (non-hydrogen) atoms. The Morgan fingerprint density at radius 2 is 2.45 bits per heavy atom. The molecule has 0 aliphatic heterocycles. The van der Waals surface area contributed by atoms with E-state index in [4.69, 9.17) is 16.3 Å². The number of ether oxygens (including phenoxy) is 1. The molecule has 0 N–H and O–H groups in total. The van der Waals surface area contributed by atoms with Gasteiger partial charge in [0, 0.05) is 7.11 Å². The van der Waals surface area contributed by atoms with Crippen LogP contribution in [0.3, 0.4) is 0 Å². The van der Waals surface area contributed by atoms with Crippen LogP contribution in [-0.2, 0) is 4.74 Å². The van der Waals surface area contributed by atoms with Gasteiger partial charge in [0.1, 0.15) is 0 Å². The van der Waals surface area contributed by atoms with E-state index in [9.17, 15) is 0 Å². The summed E-state index contributed by atoms with van der Waals surface area (Å²) in [5.74, 6) is 0.715. The summed E-state index contributed by atoms with van der Waals surface area (Å²) in [4.78, 5) is 0. The Kier molecular flexibility index (Phi) is 3.41. The smallest absolute Gasteiger partial charge is 0.0673 e. The van der Waals surface area contributed by atoms with Crippen LogP contribution in [0.4, 0.5) is 0 Å². The van der Waals surface area contributed by atoms with Crippen molar-refractivity contribution in [1.29, 1.82) is 0 Å². The quantitative estimate of drug-likeness (QED) is 0.462. The van der Waals surface area contributed by atoms with E-state index in [1.165, 1.54) is 5.57 Å². The third-order valence-corrected chi connectivity index (χ3v) is 2.29. The van der Waals surface area contributed by atoms with E-state index in [1.54, 1.807) is 7.11 Å². The van der Waals surface area contributed by atoms with Crippen molar-refractivity contribution in [3.05, 3.63) is 11.6 Å². The lowest BCUT2D eigenvalue weighted by atomic mass is 9.90. The number of rotatable bonds is 2. The van der Waals surface area contributed by atoms with Gasteiger partial charge in [-0.3, -0.25) is 0 Å². The zero-order valence-corrected chi connectivity index (χ0v) is 7.90. The van der Waals surface area contributed by atoms with Crippen LogP contribution in [0.25, 0.3) is 0 Å². The van der Waals surface area contributed by atoms with Crippen molar-refractivity contribution in [3.63, 3.8) is 0 Å². The molecule has 0 amide bonds. The number of methoxy groups -OCH3 is 1. The maximum absolute atomic E-state index is 6.01.